The van der Waals surface area contributed by atoms with Crippen LogP contribution in [-0.4, -0.2) is 30.9 Å². The smallest absolute Gasteiger partial charge is 0.387 e. The molecule has 0 aliphatic carbocycles. The zero-order valence-corrected chi connectivity index (χ0v) is 14.4. The molecule has 0 radical (unpaired) electrons. The Morgan fingerprint density at radius 1 is 1.11 bits per heavy atom. The number of ether oxygens (including phenoxy) is 1. The fourth-order valence-corrected chi connectivity index (χ4v) is 2.96. The van der Waals surface area contributed by atoms with Crippen molar-refractivity contribution in [3.05, 3.63) is 72.3 Å². The summed E-state index contributed by atoms with van der Waals surface area (Å²) in [5.41, 5.74) is 4.47. The van der Waals surface area contributed by atoms with E-state index in [-0.39, 0.29) is 5.75 Å². The summed E-state index contributed by atoms with van der Waals surface area (Å²) in [4.78, 5) is 16.9. The molecule has 0 aliphatic rings. The predicted octanol–water partition coefficient (Wildman–Crippen LogP) is 3.69. The summed E-state index contributed by atoms with van der Waals surface area (Å²) in [6.45, 7) is -0.993. The number of rotatable bonds is 5. The van der Waals surface area contributed by atoms with Crippen LogP contribution in [0.4, 0.5) is 8.78 Å². The molecule has 27 heavy (non-hydrogen) atoms. The van der Waals surface area contributed by atoms with Crippen molar-refractivity contribution in [2.75, 3.05) is 0 Å². The number of halogens is 2. The van der Waals surface area contributed by atoms with Gasteiger partial charge in [0, 0.05) is 36.1 Å². The van der Waals surface area contributed by atoms with Gasteiger partial charge in [0.05, 0.1) is 23.3 Å². The van der Waals surface area contributed by atoms with Gasteiger partial charge in [-0.05, 0) is 13.0 Å². The molecule has 4 aromatic rings. The Hall–Kier alpha value is -3.42. The third kappa shape index (κ3) is 3.46. The molecule has 1 aromatic carbocycles. The van der Waals surface area contributed by atoms with E-state index in [4.69, 9.17) is 0 Å². The molecular formula is C19H15F2N5O. The summed E-state index contributed by atoms with van der Waals surface area (Å²) in [6.07, 6.45) is 8.71. The van der Waals surface area contributed by atoms with Gasteiger partial charge in [0.25, 0.3) is 0 Å². The Bertz CT molecular complexity index is 1080. The largest absolute Gasteiger partial charge is 0.435 e. The highest BCUT2D eigenvalue weighted by Gasteiger charge is 2.15. The van der Waals surface area contributed by atoms with Crippen LogP contribution in [0.25, 0.3) is 16.9 Å². The van der Waals surface area contributed by atoms with Crippen molar-refractivity contribution < 1.29 is 13.5 Å². The minimum absolute atomic E-state index is 0.160. The molecule has 0 aliphatic heterocycles. The maximum atomic E-state index is 12.7. The molecule has 0 N–H and O–H groups in total. The lowest BCUT2D eigenvalue weighted by atomic mass is 10.1. The second-order valence-electron chi connectivity index (χ2n) is 5.93. The predicted molar refractivity (Wildman–Crippen MR) is 94.6 cm³/mol. The number of fused-ring (bicyclic) bond motifs is 1. The van der Waals surface area contributed by atoms with Crippen LogP contribution in [0.2, 0.25) is 0 Å². The molecule has 0 fully saturated rings. The molecule has 6 nitrogen and oxygen atoms in total. The van der Waals surface area contributed by atoms with Crippen LogP contribution in [0.15, 0.2) is 55.4 Å². The average Bonchev–Trinajstić information content (AvgIpc) is 2.98. The van der Waals surface area contributed by atoms with E-state index in [0.717, 1.165) is 17.0 Å². The van der Waals surface area contributed by atoms with Crippen LogP contribution in [0.3, 0.4) is 0 Å². The standard InChI is InChI=1S/C19H15F2N5O/c1-12-16(6-13-4-2-3-5-17(13)27-19(20)21)26-10-15(24-9-18(26)25-12)14-7-22-11-23-8-14/h2-5,7-11,19H,6H2,1H3. The van der Waals surface area contributed by atoms with Gasteiger partial charge in [0.2, 0.25) is 0 Å². The van der Waals surface area contributed by atoms with Gasteiger partial charge >= 0.3 is 6.61 Å². The second-order valence-corrected chi connectivity index (χ2v) is 5.93. The maximum Gasteiger partial charge on any atom is 0.387 e. The molecule has 0 saturated heterocycles. The Labute approximate surface area is 153 Å². The van der Waals surface area contributed by atoms with Gasteiger partial charge in [0.15, 0.2) is 5.65 Å². The molecule has 0 saturated carbocycles. The number of imidazole rings is 1. The SMILES string of the molecule is Cc1nc2cnc(-c3cncnc3)cn2c1Cc1ccccc1OC(F)F. The van der Waals surface area contributed by atoms with E-state index in [2.05, 4.69) is 24.7 Å². The zero-order chi connectivity index (χ0) is 18.8. The van der Waals surface area contributed by atoms with Crippen LogP contribution >= 0.6 is 0 Å². The number of nitrogens with zero attached hydrogens (tertiary/aromatic N) is 5. The van der Waals surface area contributed by atoms with E-state index in [9.17, 15) is 8.78 Å². The first-order valence-electron chi connectivity index (χ1n) is 8.23. The lowest BCUT2D eigenvalue weighted by molar-refractivity contribution is -0.0503. The second kappa shape index (κ2) is 7.06. The fourth-order valence-electron chi connectivity index (χ4n) is 2.96. The molecule has 0 amide bonds. The number of aryl methyl sites for hydroxylation is 1. The molecule has 0 unspecified atom stereocenters. The minimum atomic E-state index is -2.87. The average molecular weight is 367 g/mol. The first kappa shape index (κ1) is 17.0. The quantitative estimate of drug-likeness (QED) is 0.538. The van der Waals surface area contributed by atoms with Crippen molar-refractivity contribution in [1.29, 1.82) is 0 Å². The maximum absolute atomic E-state index is 12.7. The van der Waals surface area contributed by atoms with Crippen molar-refractivity contribution in [2.45, 2.75) is 20.0 Å². The van der Waals surface area contributed by atoms with E-state index < -0.39 is 6.61 Å². The van der Waals surface area contributed by atoms with Crippen molar-refractivity contribution in [1.82, 2.24) is 24.3 Å². The zero-order valence-electron chi connectivity index (χ0n) is 14.4. The van der Waals surface area contributed by atoms with Gasteiger partial charge in [-0.3, -0.25) is 9.38 Å². The highest BCUT2D eigenvalue weighted by molar-refractivity contribution is 5.58. The van der Waals surface area contributed by atoms with Gasteiger partial charge in [-0.1, -0.05) is 18.2 Å². The van der Waals surface area contributed by atoms with Crippen molar-refractivity contribution in [3.8, 4) is 17.0 Å². The summed E-state index contributed by atoms with van der Waals surface area (Å²) in [5.74, 6) is 0.160. The lowest BCUT2D eigenvalue weighted by Gasteiger charge is -2.11. The van der Waals surface area contributed by atoms with Gasteiger partial charge in [-0.15, -0.1) is 0 Å². The molecule has 4 rings (SSSR count). The van der Waals surface area contributed by atoms with Gasteiger partial charge in [-0.2, -0.15) is 8.78 Å². The van der Waals surface area contributed by atoms with E-state index in [1.807, 2.05) is 17.5 Å². The first-order chi connectivity index (χ1) is 13.1. The van der Waals surface area contributed by atoms with Gasteiger partial charge in [0.1, 0.15) is 12.1 Å². The minimum Gasteiger partial charge on any atom is -0.435 e. The number of para-hydroxylation sites is 1. The number of aromatic nitrogens is 5. The van der Waals surface area contributed by atoms with Crippen LogP contribution in [-0.2, 0) is 6.42 Å². The summed E-state index contributed by atoms with van der Waals surface area (Å²) in [6, 6.07) is 6.76. The van der Waals surface area contributed by atoms with Crippen LogP contribution < -0.4 is 4.74 Å². The summed E-state index contributed by atoms with van der Waals surface area (Å²) >= 11 is 0. The van der Waals surface area contributed by atoms with Crippen molar-refractivity contribution in [2.24, 2.45) is 0 Å². The van der Waals surface area contributed by atoms with E-state index in [1.165, 1.54) is 12.4 Å². The van der Waals surface area contributed by atoms with Crippen LogP contribution in [0.1, 0.15) is 17.0 Å². The molecule has 0 bridgehead atoms. The first-order valence-corrected chi connectivity index (χ1v) is 8.23. The van der Waals surface area contributed by atoms with Crippen LogP contribution in [0.5, 0.6) is 5.75 Å². The summed E-state index contributed by atoms with van der Waals surface area (Å²) in [7, 11) is 0. The van der Waals surface area contributed by atoms with Gasteiger partial charge in [-0.25, -0.2) is 15.0 Å². The van der Waals surface area contributed by atoms with E-state index >= 15 is 0 Å². The summed E-state index contributed by atoms with van der Waals surface area (Å²) in [5, 5.41) is 0. The Morgan fingerprint density at radius 2 is 1.89 bits per heavy atom. The molecular weight excluding hydrogens is 352 g/mol. The molecule has 8 heteroatoms. The summed E-state index contributed by atoms with van der Waals surface area (Å²) < 4.78 is 31.9. The topological polar surface area (TPSA) is 65.2 Å². The highest BCUT2D eigenvalue weighted by atomic mass is 19.3. The normalized spacial score (nSPS) is 11.3. The molecule has 3 aromatic heterocycles. The highest BCUT2D eigenvalue weighted by Crippen LogP contribution is 2.26. The molecule has 3 heterocycles. The lowest BCUT2D eigenvalue weighted by Crippen LogP contribution is -2.06. The Morgan fingerprint density at radius 3 is 2.67 bits per heavy atom. The molecule has 0 spiro atoms. The molecule has 0 atom stereocenters. The van der Waals surface area contributed by atoms with Crippen LogP contribution in [0, 0.1) is 6.92 Å². The number of benzene rings is 1. The number of alkyl halides is 2. The van der Waals surface area contributed by atoms with E-state index in [1.54, 1.807) is 36.8 Å². The van der Waals surface area contributed by atoms with Gasteiger partial charge < -0.3 is 4.74 Å². The number of hydrogen-bond acceptors (Lipinski definition) is 5. The van der Waals surface area contributed by atoms with E-state index in [0.29, 0.717) is 23.3 Å². The fraction of sp³-hybridized carbons (Fsp3) is 0.158. The van der Waals surface area contributed by atoms with Crippen molar-refractivity contribution in [3.63, 3.8) is 0 Å². The monoisotopic (exact) mass is 367 g/mol. The number of hydrogen-bond donors (Lipinski definition) is 0. The Kier molecular flexibility index (Phi) is 4.45. The third-order valence-corrected chi connectivity index (χ3v) is 4.21. The molecule has 136 valence electrons. The Balaban J connectivity index is 1.77. The van der Waals surface area contributed by atoms with Crippen molar-refractivity contribution >= 4 is 5.65 Å². The third-order valence-electron chi connectivity index (χ3n) is 4.21.